The number of hydrogen-bond acceptors (Lipinski definition) is 2. The third kappa shape index (κ3) is 4.32. The molecule has 1 aromatic carbocycles. The number of nitrogens with one attached hydrogen (secondary N) is 1. The van der Waals surface area contributed by atoms with Crippen molar-refractivity contribution in [2.75, 3.05) is 0 Å². The maximum atomic E-state index is 12.1. The van der Waals surface area contributed by atoms with Crippen LogP contribution in [0.5, 0.6) is 0 Å². The minimum atomic E-state index is -0.383. The Morgan fingerprint density at radius 3 is 2.17 bits per heavy atom. The fourth-order valence-electron chi connectivity index (χ4n) is 1.67. The van der Waals surface area contributed by atoms with Gasteiger partial charge in [-0.15, -0.1) is 0 Å². The van der Waals surface area contributed by atoms with E-state index in [-0.39, 0.29) is 23.1 Å². The Kier molecular flexibility index (Phi) is 4.65. The minimum Gasteiger partial charge on any atom is -0.349 e. The Bertz CT molecular complexity index is 418. The van der Waals surface area contributed by atoms with E-state index < -0.39 is 0 Å². The van der Waals surface area contributed by atoms with E-state index in [4.69, 9.17) is 0 Å². The summed E-state index contributed by atoms with van der Waals surface area (Å²) in [5.74, 6) is 0.0238. The van der Waals surface area contributed by atoms with Gasteiger partial charge < -0.3 is 5.32 Å². The second-order valence-corrected chi connectivity index (χ2v) is 5.54. The molecule has 0 saturated carbocycles. The molecule has 0 bridgehead atoms. The van der Waals surface area contributed by atoms with Crippen LogP contribution in [0, 0.1) is 5.41 Å². The van der Waals surface area contributed by atoms with E-state index in [1.165, 1.54) is 6.92 Å². The van der Waals surface area contributed by atoms with Crippen LogP contribution in [-0.2, 0) is 9.59 Å². The van der Waals surface area contributed by atoms with E-state index in [9.17, 15) is 9.59 Å². The Morgan fingerprint density at radius 1 is 1.17 bits per heavy atom. The molecule has 1 amide bonds. The first-order valence-corrected chi connectivity index (χ1v) is 6.16. The fourth-order valence-corrected chi connectivity index (χ4v) is 1.67. The lowest BCUT2D eigenvalue weighted by Crippen LogP contribution is -2.31. The van der Waals surface area contributed by atoms with E-state index in [1.807, 2.05) is 51.1 Å². The molecule has 0 unspecified atom stereocenters. The van der Waals surface area contributed by atoms with Crippen molar-refractivity contribution in [3.8, 4) is 0 Å². The van der Waals surface area contributed by atoms with E-state index >= 15 is 0 Å². The zero-order valence-corrected chi connectivity index (χ0v) is 11.5. The standard InChI is InChI=1S/C15H21NO2/c1-11(17)16-13(10-14(18)15(2,3)4)12-8-6-5-7-9-12/h5-9,13H,10H2,1-4H3,(H,16,17)/t13-/m1/s1. The number of rotatable bonds is 4. The number of hydrogen-bond donors (Lipinski definition) is 1. The molecule has 98 valence electrons. The summed E-state index contributed by atoms with van der Waals surface area (Å²) in [7, 11) is 0. The summed E-state index contributed by atoms with van der Waals surface area (Å²) >= 11 is 0. The van der Waals surface area contributed by atoms with Gasteiger partial charge >= 0.3 is 0 Å². The van der Waals surface area contributed by atoms with E-state index in [0.717, 1.165) is 5.56 Å². The predicted molar refractivity (Wildman–Crippen MR) is 72.1 cm³/mol. The predicted octanol–water partition coefficient (Wildman–Crippen LogP) is 2.87. The zero-order chi connectivity index (χ0) is 13.8. The second kappa shape index (κ2) is 5.80. The van der Waals surface area contributed by atoms with Crippen LogP contribution in [0.2, 0.25) is 0 Å². The summed E-state index contributed by atoms with van der Waals surface area (Å²) in [6.45, 7) is 7.15. The monoisotopic (exact) mass is 247 g/mol. The van der Waals surface area contributed by atoms with Crippen molar-refractivity contribution >= 4 is 11.7 Å². The van der Waals surface area contributed by atoms with Crippen LogP contribution in [-0.4, -0.2) is 11.7 Å². The highest BCUT2D eigenvalue weighted by Crippen LogP contribution is 2.24. The highest BCUT2D eigenvalue weighted by atomic mass is 16.1. The molecule has 0 aliphatic carbocycles. The zero-order valence-electron chi connectivity index (χ0n) is 11.5. The molecule has 1 rings (SSSR count). The average molecular weight is 247 g/mol. The quantitative estimate of drug-likeness (QED) is 0.889. The third-order valence-electron chi connectivity index (χ3n) is 2.81. The molecule has 0 fully saturated rings. The third-order valence-corrected chi connectivity index (χ3v) is 2.81. The van der Waals surface area contributed by atoms with Crippen molar-refractivity contribution in [1.29, 1.82) is 0 Å². The first-order chi connectivity index (χ1) is 8.30. The van der Waals surface area contributed by atoms with Gasteiger partial charge in [0.05, 0.1) is 6.04 Å². The molecule has 0 radical (unpaired) electrons. The van der Waals surface area contributed by atoms with Crippen molar-refractivity contribution in [3.05, 3.63) is 35.9 Å². The lowest BCUT2D eigenvalue weighted by molar-refractivity contribution is -0.127. The van der Waals surface area contributed by atoms with E-state index in [0.29, 0.717) is 6.42 Å². The molecular weight excluding hydrogens is 226 g/mol. The first-order valence-electron chi connectivity index (χ1n) is 6.16. The maximum absolute atomic E-state index is 12.1. The molecule has 1 aromatic rings. The van der Waals surface area contributed by atoms with E-state index in [1.54, 1.807) is 0 Å². The number of ketones is 1. The van der Waals surface area contributed by atoms with Crippen molar-refractivity contribution in [1.82, 2.24) is 5.32 Å². The molecule has 0 spiro atoms. The molecule has 0 aliphatic heterocycles. The highest BCUT2D eigenvalue weighted by Gasteiger charge is 2.25. The van der Waals surface area contributed by atoms with Crippen molar-refractivity contribution < 1.29 is 9.59 Å². The van der Waals surface area contributed by atoms with Crippen LogP contribution >= 0.6 is 0 Å². The lowest BCUT2D eigenvalue weighted by atomic mass is 9.85. The van der Waals surface area contributed by atoms with Crippen LogP contribution in [0.15, 0.2) is 30.3 Å². The van der Waals surface area contributed by atoms with Gasteiger partial charge in [-0.25, -0.2) is 0 Å². The lowest BCUT2D eigenvalue weighted by Gasteiger charge is -2.23. The van der Waals surface area contributed by atoms with Gasteiger partial charge in [-0.3, -0.25) is 9.59 Å². The highest BCUT2D eigenvalue weighted by molar-refractivity contribution is 5.85. The Hall–Kier alpha value is -1.64. The molecule has 18 heavy (non-hydrogen) atoms. The van der Waals surface area contributed by atoms with Gasteiger partial charge in [0, 0.05) is 18.8 Å². The minimum absolute atomic E-state index is 0.120. The number of Topliss-reactive ketones (excluding diaryl/α,β-unsaturated/α-hetero) is 1. The molecule has 1 atom stereocenters. The van der Waals surface area contributed by atoms with Gasteiger partial charge in [0.15, 0.2) is 0 Å². The molecule has 0 saturated heterocycles. The molecule has 0 aromatic heterocycles. The van der Waals surface area contributed by atoms with Crippen LogP contribution in [0.4, 0.5) is 0 Å². The van der Waals surface area contributed by atoms with Crippen LogP contribution < -0.4 is 5.32 Å². The summed E-state index contributed by atoms with van der Waals surface area (Å²) < 4.78 is 0. The SMILES string of the molecule is CC(=O)N[C@H](CC(=O)C(C)(C)C)c1ccccc1. The topological polar surface area (TPSA) is 46.2 Å². The van der Waals surface area contributed by atoms with Crippen molar-refractivity contribution in [3.63, 3.8) is 0 Å². The molecule has 0 aliphatic rings. The van der Waals surface area contributed by atoms with Gasteiger partial charge in [0.1, 0.15) is 5.78 Å². The number of carbonyl (C=O) groups is 2. The Morgan fingerprint density at radius 2 is 1.72 bits per heavy atom. The summed E-state index contributed by atoms with van der Waals surface area (Å²) in [4.78, 5) is 23.3. The summed E-state index contributed by atoms with van der Waals surface area (Å²) in [6.07, 6.45) is 0.326. The summed E-state index contributed by atoms with van der Waals surface area (Å²) in [5.41, 5.74) is 0.580. The molecule has 3 heteroatoms. The average Bonchev–Trinajstić information content (AvgIpc) is 2.27. The number of benzene rings is 1. The van der Waals surface area contributed by atoms with Crippen molar-refractivity contribution in [2.45, 2.75) is 40.2 Å². The van der Waals surface area contributed by atoms with E-state index in [2.05, 4.69) is 5.32 Å². The fraction of sp³-hybridized carbons (Fsp3) is 0.467. The van der Waals surface area contributed by atoms with Gasteiger partial charge in [-0.1, -0.05) is 51.1 Å². The molecule has 1 N–H and O–H groups in total. The first kappa shape index (κ1) is 14.4. The Balaban J connectivity index is 2.87. The number of amides is 1. The summed E-state index contributed by atoms with van der Waals surface area (Å²) in [6, 6.07) is 9.35. The van der Waals surface area contributed by atoms with Crippen LogP contribution in [0.1, 0.15) is 45.7 Å². The second-order valence-electron chi connectivity index (χ2n) is 5.54. The smallest absolute Gasteiger partial charge is 0.217 e. The molecular formula is C15H21NO2. The maximum Gasteiger partial charge on any atom is 0.217 e. The summed E-state index contributed by atoms with van der Waals surface area (Å²) in [5, 5.41) is 2.84. The van der Waals surface area contributed by atoms with Gasteiger partial charge in [0.25, 0.3) is 0 Å². The molecule has 3 nitrogen and oxygen atoms in total. The van der Waals surface area contributed by atoms with Crippen LogP contribution in [0.3, 0.4) is 0 Å². The number of carbonyl (C=O) groups excluding carboxylic acids is 2. The molecule has 0 heterocycles. The Labute approximate surface area is 109 Å². The van der Waals surface area contributed by atoms with Gasteiger partial charge in [0.2, 0.25) is 5.91 Å². The van der Waals surface area contributed by atoms with Gasteiger partial charge in [-0.2, -0.15) is 0 Å². The largest absolute Gasteiger partial charge is 0.349 e. The van der Waals surface area contributed by atoms with Crippen molar-refractivity contribution in [2.24, 2.45) is 5.41 Å². The van der Waals surface area contributed by atoms with Crippen LogP contribution in [0.25, 0.3) is 0 Å². The normalized spacial score (nSPS) is 12.9. The van der Waals surface area contributed by atoms with Gasteiger partial charge in [-0.05, 0) is 5.56 Å².